The fourth-order valence-corrected chi connectivity index (χ4v) is 2.80. The van der Waals surface area contributed by atoms with Crippen molar-refractivity contribution in [1.82, 2.24) is 14.7 Å². The van der Waals surface area contributed by atoms with Crippen LogP contribution in [0.5, 0.6) is 0 Å². The normalized spacial score (nSPS) is 11.7. The molecule has 0 fully saturated rings. The second-order valence-electron chi connectivity index (χ2n) is 6.17. The lowest BCUT2D eigenvalue weighted by atomic mass is 10.1. The summed E-state index contributed by atoms with van der Waals surface area (Å²) in [7, 11) is 0. The van der Waals surface area contributed by atoms with E-state index in [1.165, 1.54) is 16.7 Å². The Labute approximate surface area is 159 Å². The average Bonchev–Trinajstić information content (AvgIpc) is 3.03. The number of aromatic nitrogens is 2. The number of fused-ring (bicyclic) bond motifs is 1. The van der Waals surface area contributed by atoms with E-state index >= 15 is 0 Å². The monoisotopic (exact) mass is 395 g/mol. The van der Waals surface area contributed by atoms with E-state index in [0.29, 0.717) is 29.2 Å². The number of aryl methyl sites for hydroxylation is 1. The molecule has 0 aliphatic rings. The maximum Gasteiger partial charge on any atom is 0.417 e. The van der Waals surface area contributed by atoms with Crippen molar-refractivity contribution in [3.8, 4) is 0 Å². The molecule has 1 N–H and O–H groups in total. The number of halogens is 4. The van der Waals surface area contributed by atoms with Crippen LogP contribution in [-0.4, -0.2) is 15.3 Å². The van der Waals surface area contributed by atoms with Gasteiger partial charge in [0.2, 0.25) is 5.91 Å². The fourth-order valence-electron chi connectivity index (χ4n) is 2.68. The Morgan fingerprint density at radius 2 is 1.85 bits per heavy atom. The van der Waals surface area contributed by atoms with Crippen LogP contribution in [0.3, 0.4) is 0 Å². The summed E-state index contributed by atoms with van der Waals surface area (Å²) in [4.78, 5) is 16.2. The molecule has 0 radical (unpaired) electrons. The van der Waals surface area contributed by atoms with Crippen molar-refractivity contribution >= 4 is 23.2 Å². The quantitative estimate of drug-likeness (QED) is 0.660. The molecule has 0 aliphatic carbocycles. The summed E-state index contributed by atoms with van der Waals surface area (Å²) in [5.41, 5.74) is 1.26. The van der Waals surface area contributed by atoms with Gasteiger partial charge in [0.05, 0.1) is 17.8 Å². The first-order valence-corrected chi connectivity index (χ1v) is 8.75. The van der Waals surface area contributed by atoms with Crippen LogP contribution >= 0.6 is 11.6 Å². The largest absolute Gasteiger partial charge is 0.417 e. The summed E-state index contributed by atoms with van der Waals surface area (Å²) in [6.45, 7) is 0.169. The molecule has 1 aromatic carbocycles. The highest BCUT2D eigenvalue weighted by atomic mass is 35.5. The summed E-state index contributed by atoms with van der Waals surface area (Å²) in [6, 6.07) is 9.76. The topological polar surface area (TPSA) is 46.4 Å². The minimum Gasteiger partial charge on any atom is -0.350 e. The van der Waals surface area contributed by atoms with Crippen LogP contribution in [0.4, 0.5) is 13.2 Å². The number of hydrogen-bond donors (Lipinski definition) is 1. The molecule has 0 bridgehead atoms. The number of carbonyl (C=O) groups is 1. The number of imidazole rings is 1. The molecular formula is C19H17ClF3N3O. The minimum absolute atomic E-state index is 0.128. The molecule has 0 saturated carbocycles. The van der Waals surface area contributed by atoms with E-state index < -0.39 is 11.7 Å². The second kappa shape index (κ2) is 8.00. The van der Waals surface area contributed by atoms with Crippen LogP contribution in [0.25, 0.3) is 5.65 Å². The van der Waals surface area contributed by atoms with Gasteiger partial charge in [-0.05, 0) is 42.7 Å². The lowest BCUT2D eigenvalue weighted by molar-refractivity contribution is -0.137. The predicted molar refractivity (Wildman–Crippen MR) is 96.4 cm³/mol. The predicted octanol–water partition coefficient (Wildman–Crippen LogP) is 4.65. The van der Waals surface area contributed by atoms with Gasteiger partial charge in [0.1, 0.15) is 5.65 Å². The Hall–Kier alpha value is -2.54. The Morgan fingerprint density at radius 3 is 2.56 bits per heavy atom. The van der Waals surface area contributed by atoms with Crippen molar-refractivity contribution < 1.29 is 18.0 Å². The number of carbonyl (C=O) groups excluding carboxylic acids is 1. The number of hydrogen-bond acceptors (Lipinski definition) is 2. The molecule has 3 aromatic rings. The van der Waals surface area contributed by atoms with Crippen molar-refractivity contribution in [3.63, 3.8) is 0 Å². The van der Waals surface area contributed by atoms with Crippen molar-refractivity contribution in [1.29, 1.82) is 0 Å². The van der Waals surface area contributed by atoms with Gasteiger partial charge in [-0.1, -0.05) is 23.7 Å². The van der Waals surface area contributed by atoms with Gasteiger partial charge >= 0.3 is 6.18 Å². The lowest BCUT2D eigenvalue weighted by Gasteiger charge is -2.05. The molecule has 8 heteroatoms. The van der Waals surface area contributed by atoms with Crippen molar-refractivity contribution in [2.24, 2.45) is 0 Å². The molecule has 0 atom stereocenters. The molecule has 1 amide bonds. The van der Waals surface area contributed by atoms with Crippen molar-refractivity contribution in [3.05, 3.63) is 70.6 Å². The van der Waals surface area contributed by atoms with Crippen molar-refractivity contribution in [2.45, 2.75) is 32.0 Å². The van der Waals surface area contributed by atoms with Gasteiger partial charge in [-0.25, -0.2) is 4.98 Å². The Morgan fingerprint density at radius 1 is 1.11 bits per heavy atom. The Bertz CT molecular complexity index is 936. The highest BCUT2D eigenvalue weighted by Gasteiger charge is 2.30. The molecule has 0 spiro atoms. The minimum atomic E-state index is -4.41. The maximum absolute atomic E-state index is 12.7. The third kappa shape index (κ3) is 5.23. The number of rotatable bonds is 6. The standard InChI is InChI=1S/C19H17ClF3N3O/c20-15-7-4-13(5-8-15)2-1-3-18(27)24-10-16-12-26-11-14(19(21,22)23)6-9-17(26)25-16/h4-9,11-12H,1-3,10H2,(H,24,27). The lowest BCUT2D eigenvalue weighted by Crippen LogP contribution is -2.22. The number of alkyl halides is 3. The molecule has 4 nitrogen and oxygen atoms in total. The van der Waals surface area contributed by atoms with Gasteiger partial charge < -0.3 is 9.72 Å². The summed E-state index contributed by atoms with van der Waals surface area (Å²) in [5, 5.41) is 3.41. The highest BCUT2D eigenvalue weighted by Crippen LogP contribution is 2.29. The SMILES string of the molecule is O=C(CCCc1ccc(Cl)cc1)NCc1cn2cc(C(F)(F)F)ccc2n1. The average molecular weight is 396 g/mol. The molecule has 0 aliphatic heterocycles. The van der Waals surface area contributed by atoms with Gasteiger partial charge in [-0.15, -0.1) is 0 Å². The highest BCUT2D eigenvalue weighted by molar-refractivity contribution is 6.30. The zero-order chi connectivity index (χ0) is 19.4. The molecule has 27 heavy (non-hydrogen) atoms. The first-order valence-electron chi connectivity index (χ1n) is 8.37. The zero-order valence-electron chi connectivity index (χ0n) is 14.3. The number of nitrogens with one attached hydrogen (secondary N) is 1. The first kappa shape index (κ1) is 19.2. The van der Waals surface area contributed by atoms with Crippen LogP contribution in [0, 0.1) is 0 Å². The van der Waals surface area contributed by atoms with Gasteiger partial charge in [0.15, 0.2) is 0 Å². The maximum atomic E-state index is 12.7. The van der Waals surface area contributed by atoms with Crippen LogP contribution in [0.2, 0.25) is 5.02 Å². The third-order valence-corrected chi connectivity index (χ3v) is 4.33. The smallest absolute Gasteiger partial charge is 0.350 e. The molecule has 0 saturated heterocycles. The second-order valence-corrected chi connectivity index (χ2v) is 6.61. The van der Waals surface area contributed by atoms with E-state index in [9.17, 15) is 18.0 Å². The number of benzene rings is 1. The summed E-state index contributed by atoms with van der Waals surface area (Å²) in [5.74, 6) is -0.128. The summed E-state index contributed by atoms with van der Waals surface area (Å²) in [6.07, 6.45) is -0.129. The molecule has 3 rings (SSSR count). The Kier molecular flexibility index (Phi) is 5.70. The van der Waals surface area contributed by atoms with E-state index in [2.05, 4.69) is 10.3 Å². The van der Waals surface area contributed by atoms with Gasteiger partial charge in [0, 0.05) is 23.8 Å². The summed E-state index contributed by atoms with van der Waals surface area (Å²) >= 11 is 5.83. The van der Waals surface area contributed by atoms with Crippen LogP contribution in [-0.2, 0) is 23.9 Å². The molecular weight excluding hydrogens is 379 g/mol. The molecule has 142 valence electrons. The number of nitrogens with zero attached hydrogens (tertiary/aromatic N) is 2. The van der Waals surface area contributed by atoms with E-state index in [-0.39, 0.29) is 12.5 Å². The Balaban J connectivity index is 1.50. The van der Waals surface area contributed by atoms with Crippen LogP contribution in [0.1, 0.15) is 29.7 Å². The zero-order valence-corrected chi connectivity index (χ0v) is 15.0. The molecule has 2 heterocycles. The van der Waals surface area contributed by atoms with E-state index in [1.807, 2.05) is 24.3 Å². The van der Waals surface area contributed by atoms with Crippen molar-refractivity contribution in [2.75, 3.05) is 0 Å². The van der Waals surface area contributed by atoms with E-state index in [1.54, 1.807) is 0 Å². The molecule has 2 aromatic heterocycles. The van der Waals surface area contributed by atoms with E-state index in [4.69, 9.17) is 11.6 Å². The van der Waals surface area contributed by atoms with Gasteiger partial charge in [0.25, 0.3) is 0 Å². The first-order chi connectivity index (χ1) is 12.8. The van der Waals surface area contributed by atoms with Crippen LogP contribution < -0.4 is 5.32 Å². The molecule has 0 unspecified atom stereocenters. The number of amides is 1. The van der Waals surface area contributed by atoms with Crippen LogP contribution in [0.15, 0.2) is 48.8 Å². The third-order valence-electron chi connectivity index (χ3n) is 4.08. The summed E-state index contributed by atoms with van der Waals surface area (Å²) < 4.78 is 39.5. The number of pyridine rings is 1. The van der Waals surface area contributed by atoms with E-state index in [0.717, 1.165) is 24.2 Å². The van der Waals surface area contributed by atoms with Gasteiger partial charge in [-0.3, -0.25) is 4.79 Å². The fraction of sp³-hybridized carbons (Fsp3) is 0.263. The van der Waals surface area contributed by atoms with Gasteiger partial charge in [-0.2, -0.15) is 13.2 Å².